The molecule has 0 fully saturated rings. The van der Waals surface area contributed by atoms with Crippen LogP contribution in [0, 0.1) is 0 Å². The summed E-state index contributed by atoms with van der Waals surface area (Å²) in [5.74, 6) is -4.66. The maximum atomic E-state index is 9.74. The van der Waals surface area contributed by atoms with Crippen molar-refractivity contribution in [2.45, 2.75) is 19.1 Å². The van der Waals surface area contributed by atoms with Crippen molar-refractivity contribution < 1.29 is 96.8 Å². The first-order chi connectivity index (χ1) is 6.20. The van der Waals surface area contributed by atoms with Crippen molar-refractivity contribution >= 4 is 17.9 Å². The first-order valence-corrected chi connectivity index (χ1v) is 3.19. The third-order valence-electron chi connectivity index (χ3n) is 0.794. The number of aliphatic hydroxyl groups is 2. The molecule has 0 radical (unpaired) electrons. The fourth-order valence-corrected chi connectivity index (χ4v) is 0.264. The Morgan fingerprint density at radius 2 is 1.31 bits per heavy atom. The summed E-state index contributed by atoms with van der Waals surface area (Å²) in [6.45, 7) is 1.08. The number of aliphatic carboxylic acids is 3. The quantitative estimate of drug-likeness (QED) is 0.368. The zero-order valence-corrected chi connectivity index (χ0v) is 14.8. The first kappa shape index (κ1) is 25.2. The number of rotatable bonds is 3. The Hall–Kier alpha value is 0.252. The van der Waals surface area contributed by atoms with Crippen molar-refractivity contribution in [2.24, 2.45) is 0 Å². The average molecular weight is 345 g/mol. The van der Waals surface area contributed by atoms with Crippen molar-refractivity contribution in [3.8, 4) is 0 Å². The summed E-state index contributed by atoms with van der Waals surface area (Å²) in [6, 6.07) is 0. The number of hydrogen-bond acceptors (Lipinski definition) is 6. The second kappa shape index (κ2) is 13.3. The Kier molecular flexibility index (Phi) is 21.0. The molecule has 0 aliphatic rings. The van der Waals surface area contributed by atoms with Crippen molar-refractivity contribution in [3.63, 3.8) is 0 Å². The first-order valence-electron chi connectivity index (χ1n) is 3.19. The Bertz CT molecular complexity index is 211. The van der Waals surface area contributed by atoms with Crippen LogP contribution in [0.1, 0.15) is 6.92 Å². The number of carboxylic acid groups (broad SMARTS) is 3. The average Bonchev–Trinajstić information content (AvgIpc) is 2.00. The fourth-order valence-electron chi connectivity index (χ4n) is 0.264. The van der Waals surface area contributed by atoms with Crippen molar-refractivity contribution in [2.75, 3.05) is 0 Å². The molecule has 0 aromatic carbocycles. The summed E-state index contributed by atoms with van der Waals surface area (Å²) in [4.78, 5) is 28.4. The van der Waals surface area contributed by atoms with Gasteiger partial charge in [0, 0.05) is 34.2 Å². The van der Waals surface area contributed by atoms with Crippen LogP contribution < -0.4 is 34.7 Å². The second-order valence-electron chi connectivity index (χ2n) is 2.07. The van der Waals surface area contributed by atoms with Crippen molar-refractivity contribution in [1.29, 1.82) is 0 Å². The molecule has 0 bridgehead atoms. The summed E-state index contributed by atoms with van der Waals surface area (Å²) in [5, 5.41) is 41.5. The Morgan fingerprint density at radius 3 is 1.38 bits per heavy atom. The molecule has 2 unspecified atom stereocenters. The molecule has 10 heteroatoms. The molecule has 0 aliphatic heterocycles. The van der Waals surface area contributed by atoms with E-state index in [0.717, 1.165) is 6.92 Å². The number of aliphatic hydroxyl groups excluding tert-OH is 2. The van der Waals surface area contributed by atoms with Gasteiger partial charge in [-0.15, -0.1) is 0 Å². The zero-order valence-electron chi connectivity index (χ0n) is 8.78. The molecule has 0 amide bonds. The zero-order chi connectivity index (χ0) is 11.9. The molecule has 4 N–H and O–H groups in total. The van der Waals surface area contributed by atoms with Gasteiger partial charge in [-0.1, -0.05) is 0 Å². The molecule has 0 spiro atoms. The largest absolute Gasteiger partial charge is 1.00 e. The van der Waals surface area contributed by atoms with E-state index in [0.29, 0.717) is 0 Å². The van der Waals surface area contributed by atoms with Crippen LogP contribution in [-0.2, 0) is 41.7 Å². The van der Waals surface area contributed by atoms with Gasteiger partial charge in [0.05, 0.1) is 5.97 Å². The van der Waals surface area contributed by atoms with E-state index in [2.05, 4.69) is 0 Å². The van der Waals surface area contributed by atoms with Gasteiger partial charge in [0.15, 0.2) is 6.10 Å². The van der Waals surface area contributed by atoms with Gasteiger partial charge in [-0.25, -0.2) is 4.79 Å². The van der Waals surface area contributed by atoms with E-state index in [1.54, 1.807) is 0 Å². The summed E-state index contributed by atoms with van der Waals surface area (Å²) in [6.07, 6.45) is -4.71. The molecule has 84 valence electrons. The number of carboxylic acids is 3. The van der Waals surface area contributed by atoms with E-state index in [1.807, 2.05) is 0 Å². The molecular weight excluding hydrogens is 335 g/mol. The Balaban J connectivity index is -0.000000105. The number of hydrogen-bond donors (Lipinski definition) is 4. The third kappa shape index (κ3) is 16.7. The van der Waals surface area contributed by atoms with Crippen molar-refractivity contribution in [1.82, 2.24) is 0 Å². The van der Waals surface area contributed by atoms with E-state index in [4.69, 9.17) is 25.2 Å². The predicted molar refractivity (Wildman–Crippen MR) is 38.0 cm³/mol. The maximum Gasteiger partial charge on any atom is 1.00 e. The van der Waals surface area contributed by atoms with Gasteiger partial charge in [0.1, 0.15) is 6.10 Å². The fraction of sp³-hybridized carbons (Fsp3) is 0.500. The van der Waals surface area contributed by atoms with Crippen LogP contribution in [0.3, 0.4) is 0 Å². The van der Waals surface area contributed by atoms with Gasteiger partial charge >= 0.3 is 35.5 Å². The molecule has 0 aromatic heterocycles. The molecule has 0 aromatic rings. The molecule has 0 saturated heterocycles. The number of carbonyl (C=O) groups excluding carboxylic acids is 1. The second-order valence-corrected chi connectivity index (χ2v) is 2.07. The Labute approximate surface area is 133 Å². The van der Waals surface area contributed by atoms with Gasteiger partial charge < -0.3 is 30.3 Å². The van der Waals surface area contributed by atoms with E-state index < -0.39 is 30.1 Å². The summed E-state index contributed by atoms with van der Waals surface area (Å²) >= 11 is 0. The van der Waals surface area contributed by atoms with Crippen LogP contribution in [0.4, 0.5) is 0 Å². The maximum absolute atomic E-state index is 9.74. The van der Waals surface area contributed by atoms with Crippen LogP contribution in [0.5, 0.6) is 0 Å². The van der Waals surface area contributed by atoms with Crippen LogP contribution in [0.15, 0.2) is 0 Å². The van der Waals surface area contributed by atoms with Crippen LogP contribution >= 0.6 is 0 Å². The van der Waals surface area contributed by atoms with Gasteiger partial charge in [0.25, 0.3) is 5.97 Å². The summed E-state index contributed by atoms with van der Waals surface area (Å²) in [7, 11) is 0. The van der Waals surface area contributed by atoms with E-state index in [-0.39, 0.29) is 56.9 Å². The van der Waals surface area contributed by atoms with Crippen LogP contribution in [0.25, 0.3) is 0 Å². The normalized spacial score (nSPS) is 11.4. The van der Waals surface area contributed by atoms with Crippen LogP contribution in [0.2, 0.25) is 0 Å². The van der Waals surface area contributed by atoms with E-state index >= 15 is 0 Å². The van der Waals surface area contributed by atoms with Gasteiger partial charge in [0.2, 0.25) is 0 Å². The van der Waals surface area contributed by atoms with E-state index in [9.17, 15) is 14.7 Å². The molecular formula is C6H9CdNaO8. The summed E-state index contributed by atoms with van der Waals surface area (Å²) < 4.78 is 0. The molecule has 8 nitrogen and oxygen atoms in total. The molecule has 0 heterocycles. The number of carbonyl (C=O) groups is 3. The topological polar surface area (TPSA) is 155 Å². The Morgan fingerprint density at radius 1 is 1.06 bits per heavy atom. The summed E-state index contributed by atoms with van der Waals surface area (Å²) in [5.41, 5.74) is 0. The molecule has 0 saturated carbocycles. The van der Waals surface area contributed by atoms with Gasteiger partial charge in [-0.3, -0.25) is 4.79 Å². The molecule has 16 heavy (non-hydrogen) atoms. The minimum Gasteiger partial charge on any atom is -0.547 e. The predicted octanol–water partition coefficient (Wildman–Crippen LogP) is -6.36. The standard InChI is InChI=1S/C4H6O6.C2H4O2.Cd.Na/c5-1(3(7)8)2(6)4(9)10;1-2(3)4;;/h1-2,5-6H,(H,7,8)(H,9,10);1H3,(H,3,4);;/q;;;+1/p-1. The molecule has 0 aliphatic carbocycles. The SMILES string of the molecule is CC(=O)O.O=C([O-])C(O)C(O)C(=O)O.[Cd].[Na+]. The smallest absolute Gasteiger partial charge is 0.547 e. The van der Waals surface area contributed by atoms with Gasteiger partial charge in [-0.05, 0) is 0 Å². The third-order valence-corrected chi connectivity index (χ3v) is 0.794. The monoisotopic (exact) mass is 346 g/mol. The minimum atomic E-state index is -2.38. The minimum absolute atomic E-state index is 0. The molecule has 2 atom stereocenters. The van der Waals surface area contributed by atoms with E-state index in [1.165, 1.54) is 0 Å². The molecule has 0 rings (SSSR count). The van der Waals surface area contributed by atoms with Crippen molar-refractivity contribution in [3.05, 3.63) is 0 Å². The van der Waals surface area contributed by atoms with Gasteiger partial charge in [-0.2, -0.15) is 0 Å². The van der Waals surface area contributed by atoms with Crippen LogP contribution in [-0.4, -0.2) is 50.5 Å².